The fourth-order valence-electron chi connectivity index (χ4n) is 1.33. The van der Waals surface area contributed by atoms with Gasteiger partial charge in [-0.2, -0.15) is 5.10 Å². The number of nitrogens with two attached hydrogens (primary N) is 1. The molecule has 3 nitrogen and oxygen atoms in total. The fourth-order valence-corrected chi connectivity index (χ4v) is 1.33. The molecule has 0 radical (unpaired) electrons. The minimum absolute atomic E-state index is 0.792. The molecule has 0 fully saturated rings. The molecule has 0 unspecified atom stereocenters. The average Bonchev–Trinajstić information content (AvgIpc) is 2.33. The predicted octanol–water partition coefficient (Wildman–Crippen LogP) is 2.77. The van der Waals surface area contributed by atoms with E-state index in [9.17, 15) is 0 Å². The summed E-state index contributed by atoms with van der Waals surface area (Å²) in [7, 11) is 0. The molecule has 0 saturated heterocycles. The molecule has 2 aromatic carbocycles. The van der Waals surface area contributed by atoms with Crippen molar-refractivity contribution >= 4 is 6.21 Å². The van der Waals surface area contributed by atoms with Crippen molar-refractivity contribution in [2.75, 3.05) is 0 Å². The van der Waals surface area contributed by atoms with Crippen molar-refractivity contribution in [2.45, 2.75) is 0 Å². The second-order valence-electron chi connectivity index (χ2n) is 3.26. The van der Waals surface area contributed by atoms with Gasteiger partial charge in [0, 0.05) is 0 Å². The SMILES string of the molecule is N/N=C\c1ccc(Oc2ccccc2)cc1. The molecule has 0 aromatic heterocycles. The topological polar surface area (TPSA) is 47.6 Å². The first kappa shape index (κ1) is 10.2. The maximum atomic E-state index is 5.64. The molecule has 0 amide bonds. The van der Waals surface area contributed by atoms with E-state index in [0.717, 1.165) is 17.1 Å². The number of rotatable bonds is 3. The summed E-state index contributed by atoms with van der Waals surface area (Å²) in [6.07, 6.45) is 1.59. The van der Waals surface area contributed by atoms with Gasteiger partial charge in [-0.1, -0.05) is 18.2 Å². The normalized spacial score (nSPS) is 10.5. The van der Waals surface area contributed by atoms with E-state index in [0.29, 0.717) is 0 Å². The third-order valence-corrected chi connectivity index (χ3v) is 2.08. The first-order valence-corrected chi connectivity index (χ1v) is 4.95. The minimum atomic E-state index is 0.792. The van der Waals surface area contributed by atoms with Crippen LogP contribution in [0.4, 0.5) is 0 Å². The number of nitrogens with zero attached hydrogens (tertiary/aromatic N) is 1. The summed E-state index contributed by atoms with van der Waals surface area (Å²) < 4.78 is 5.64. The first-order valence-electron chi connectivity index (χ1n) is 4.95. The van der Waals surface area contributed by atoms with Crippen LogP contribution < -0.4 is 10.6 Å². The van der Waals surface area contributed by atoms with Gasteiger partial charge in [0.1, 0.15) is 11.5 Å². The van der Waals surface area contributed by atoms with Gasteiger partial charge in [-0.3, -0.25) is 0 Å². The van der Waals surface area contributed by atoms with Crippen molar-refractivity contribution in [3.8, 4) is 11.5 Å². The zero-order chi connectivity index (χ0) is 11.2. The van der Waals surface area contributed by atoms with Crippen LogP contribution in [0.5, 0.6) is 11.5 Å². The van der Waals surface area contributed by atoms with Gasteiger partial charge < -0.3 is 10.6 Å². The Balaban J connectivity index is 2.11. The maximum absolute atomic E-state index is 5.64. The highest BCUT2D eigenvalue weighted by atomic mass is 16.5. The first-order chi connectivity index (χ1) is 7.88. The van der Waals surface area contributed by atoms with Crippen LogP contribution >= 0.6 is 0 Å². The molecule has 80 valence electrons. The van der Waals surface area contributed by atoms with Gasteiger partial charge >= 0.3 is 0 Å². The molecule has 0 saturated carbocycles. The Morgan fingerprint density at radius 3 is 2.12 bits per heavy atom. The lowest BCUT2D eigenvalue weighted by Gasteiger charge is -2.04. The number of benzene rings is 2. The number of ether oxygens (including phenoxy) is 1. The Hall–Kier alpha value is -2.29. The van der Waals surface area contributed by atoms with Gasteiger partial charge in [0.05, 0.1) is 6.21 Å². The second-order valence-corrected chi connectivity index (χ2v) is 3.26. The summed E-state index contributed by atoms with van der Waals surface area (Å²) in [6.45, 7) is 0. The number of para-hydroxylation sites is 1. The van der Waals surface area contributed by atoms with Crippen molar-refractivity contribution in [3.63, 3.8) is 0 Å². The van der Waals surface area contributed by atoms with Crippen molar-refractivity contribution < 1.29 is 4.74 Å². The van der Waals surface area contributed by atoms with Crippen molar-refractivity contribution in [2.24, 2.45) is 10.9 Å². The van der Waals surface area contributed by atoms with Gasteiger partial charge in [-0.05, 0) is 42.0 Å². The molecule has 0 aliphatic heterocycles. The zero-order valence-electron chi connectivity index (χ0n) is 8.71. The molecule has 16 heavy (non-hydrogen) atoms. The van der Waals surface area contributed by atoms with Crippen LogP contribution in [-0.2, 0) is 0 Å². The summed E-state index contributed by atoms with van der Waals surface area (Å²) in [6, 6.07) is 17.2. The Kier molecular flexibility index (Phi) is 3.18. The largest absolute Gasteiger partial charge is 0.457 e. The molecular formula is C13H12N2O. The Bertz CT molecular complexity index is 463. The van der Waals surface area contributed by atoms with E-state index >= 15 is 0 Å². The van der Waals surface area contributed by atoms with E-state index in [-0.39, 0.29) is 0 Å². The van der Waals surface area contributed by atoms with Gasteiger partial charge in [0.25, 0.3) is 0 Å². The molecule has 0 atom stereocenters. The van der Waals surface area contributed by atoms with Crippen LogP contribution in [0, 0.1) is 0 Å². The van der Waals surface area contributed by atoms with Crippen LogP contribution in [0.2, 0.25) is 0 Å². The highest BCUT2D eigenvalue weighted by Crippen LogP contribution is 2.20. The van der Waals surface area contributed by atoms with Crippen molar-refractivity contribution in [1.82, 2.24) is 0 Å². The minimum Gasteiger partial charge on any atom is -0.457 e. The molecule has 2 rings (SSSR count). The highest BCUT2D eigenvalue weighted by molar-refractivity contribution is 5.79. The molecule has 0 spiro atoms. The number of hydrogen-bond acceptors (Lipinski definition) is 3. The lowest BCUT2D eigenvalue weighted by atomic mass is 10.2. The van der Waals surface area contributed by atoms with Crippen molar-refractivity contribution in [3.05, 3.63) is 60.2 Å². The smallest absolute Gasteiger partial charge is 0.127 e. The van der Waals surface area contributed by atoms with Crippen LogP contribution in [0.25, 0.3) is 0 Å². The third kappa shape index (κ3) is 2.60. The zero-order valence-corrected chi connectivity index (χ0v) is 8.71. The van der Waals surface area contributed by atoms with Gasteiger partial charge in [0.2, 0.25) is 0 Å². The average molecular weight is 212 g/mol. The summed E-state index contributed by atoms with van der Waals surface area (Å²) in [5.74, 6) is 6.67. The van der Waals surface area contributed by atoms with Crippen LogP contribution in [0.1, 0.15) is 5.56 Å². The van der Waals surface area contributed by atoms with Gasteiger partial charge in [0.15, 0.2) is 0 Å². The third-order valence-electron chi connectivity index (χ3n) is 2.08. The number of hydrogen-bond donors (Lipinski definition) is 1. The Morgan fingerprint density at radius 2 is 1.50 bits per heavy atom. The van der Waals surface area contributed by atoms with Crippen LogP contribution in [0.3, 0.4) is 0 Å². The molecule has 0 aliphatic carbocycles. The van der Waals surface area contributed by atoms with Crippen LogP contribution in [-0.4, -0.2) is 6.21 Å². The molecule has 2 aromatic rings. The lowest BCUT2D eigenvalue weighted by molar-refractivity contribution is 0.482. The van der Waals surface area contributed by atoms with Gasteiger partial charge in [-0.15, -0.1) is 0 Å². The van der Waals surface area contributed by atoms with Crippen molar-refractivity contribution in [1.29, 1.82) is 0 Å². The second kappa shape index (κ2) is 4.98. The molecule has 3 heteroatoms. The van der Waals surface area contributed by atoms with E-state index in [1.54, 1.807) is 6.21 Å². The highest BCUT2D eigenvalue weighted by Gasteiger charge is 1.95. The van der Waals surface area contributed by atoms with E-state index in [4.69, 9.17) is 10.6 Å². The fraction of sp³-hybridized carbons (Fsp3) is 0. The summed E-state index contributed by atoms with van der Waals surface area (Å²) in [5, 5.41) is 3.45. The molecule has 0 heterocycles. The molecule has 0 aliphatic rings. The summed E-state index contributed by atoms with van der Waals surface area (Å²) >= 11 is 0. The standard InChI is InChI=1S/C13H12N2O/c14-15-10-11-6-8-13(9-7-11)16-12-4-2-1-3-5-12/h1-10H,14H2/b15-10-. The van der Waals surface area contributed by atoms with Crippen LogP contribution in [0.15, 0.2) is 59.7 Å². The van der Waals surface area contributed by atoms with E-state index in [2.05, 4.69) is 5.10 Å². The van der Waals surface area contributed by atoms with E-state index in [1.165, 1.54) is 0 Å². The van der Waals surface area contributed by atoms with Gasteiger partial charge in [-0.25, -0.2) is 0 Å². The molecular weight excluding hydrogens is 200 g/mol. The van der Waals surface area contributed by atoms with E-state index in [1.807, 2.05) is 54.6 Å². The number of hydrazone groups is 1. The predicted molar refractivity (Wildman–Crippen MR) is 64.7 cm³/mol. The Morgan fingerprint density at radius 1 is 0.875 bits per heavy atom. The maximum Gasteiger partial charge on any atom is 0.127 e. The summed E-state index contributed by atoms with van der Waals surface area (Å²) in [4.78, 5) is 0. The molecule has 0 bridgehead atoms. The molecule has 2 N–H and O–H groups in total. The summed E-state index contributed by atoms with van der Waals surface area (Å²) in [5.41, 5.74) is 0.947. The monoisotopic (exact) mass is 212 g/mol. The quantitative estimate of drug-likeness (QED) is 0.483. The van der Waals surface area contributed by atoms with E-state index < -0.39 is 0 Å². The lowest BCUT2D eigenvalue weighted by Crippen LogP contribution is -1.87. The Labute approximate surface area is 94.2 Å².